The number of aromatic nitrogens is 2. The molecule has 1 aromatic carbocycles. The van der Waals surface area contributed by atoms with Gasteiger partial charge in [-0.25, -0.2) is 9.97 Å². The van der Waals surface area contributed by atoms with Gasteiger partial charge in [0.25, 0.3) is 0 Å². The molecule has 0 aliphatic carbocycles. The van der Waals surface area contributed by atoms with E-state index >= 15 is 0 Å². The van der Waals surface area contributed by atoms with Gasteiger partial charge in [-0.05, 0) is 18.6 Å². The van der Waals surface area contributed by atoms with Gasteiger partial charge in [0.05, 0.1) is 25.3 Å². The Morgan fingerprint density at radius 1 is 1.18 bits per heavy atom. The van der Waals surface area contributed by atoms with Crippen LogP contribution in [0.15, 0.2) is 24.3 Å². The van der Waals surface area contributed by atoms with Crippen LogP contribution in [0.5, 0.6) is 0 Å². The summed E-state index contributed by atoms with van der Waals surface area (Å²) in [6.45, 7) is 5.01. The average Bonchev–Trinajstić information content (AvgIpc) is 2.56. The quantitative estimate of drug-likeness (QED) is 0.783. The minimum atomic E-state index is 0.177. The molecule has 0 bridgehead atoms. The fraction of sp³-hybridized carbons (Fsp3) is 0.500. The van der Waals surface area contributed by atoms with E-state index in [0.29, 0.717) is 13.0 Å². The van der Waals surface area contributed by atoms with Crippen LogP contribution in [-0.4, -0.2) is 59.4 Å². The van der Waals surface area contributed by atoms with Crippen molar-refractivity contribution in [2.45, 2.75) is 13.0 Å². The third kappa shape index (κ3) is 3.71. The number of rotatable bonds is 6. The molecule has 1 aromatic heterocycles. The van der Waals surface area contributed by atoms with E-state index in [1.54, 1.807) is 0 Å². The van der Waals surface area contributed by atoms with E-state index in [-0.39, 0.29) is 6.61 Å². The van der Waals surface area contributed by atoms with Crippen molar-refractivity contribution in [1.82, 2.24) is 14.9 Å². The fourth-order valence-corrected chi connectivity index (χ4v) is 2.58. The second kappa shape index (κ2) is 7.49. The average molecular weight is 302 g/mol. The van der Waals surface area contributed by atoms with Crippen LogP contribution in [0, 0.1) is 0 Å². The molecule has 2 heterocycles. The molecule has 2 aromatic rings. The number of aliphatic hydroxyl groups is 1. The molecule has 3 rings (SSSR count). The van der Waals surface area contributed by atoms with E-state index in [9.17, 15) is 0 Å². The summed E-state index contributed by atoms with van der Waals surface area (Å²) < 4.78 is 5.38. The molecule has 2 N–H and O–H groups in total. The van der Waals surface area contributed by atoms with E-state index in [1.807, 2.05) is 24.3 Å². The van der Waals surface area contributed by atoms with E-state index < -0.39 is 0 Å². The van der Waals surface area contributed by atoms with Gasteiger partial charge in [0.1, 0.15) is 11.6 Å². The van der Waals surface area contributed by atoms with Crippen molar-refractivity contribution < 1.29 is 9.84 Å². The standard InChI is InChI=1S/C16H22N4O2/c21-9-3-6-17-16-13-4-1-2-5-14(13)18-15(19-16)12-20-7-10-22-11-8-20/h1-2,4-5,21H,3,6-12H2,(H,17,18,19). The number of aliphatic hydroxyl groups excluding tert-OH is 1. The first kappa shape index (κ1) is 15.1. The third-order valence-corrected chi connectivity index (χ3v) is 3.75. The van der Waals surface area contributed by atoms with Crippen molar-refractivity contribution in [3.63, 3.8) is 0 Å². The van der Waals surface area contributed by atoms with E-state index in [1.165, 1.54) is 0 Å². The van der Waals surface area contributed by atoms with Crippen LogP contribution in [0.2, 0.25) is 0 Å². The number of para-hydroxylation sites is 1. The molecule has 0 atom stereocenters. The highest BCUT2D eigenvalue weighted by Gasteiger charge is 2.14. The Labute approximate surface area is 130 Å². The summed E-state index contributed by atoms with van der Waals surface area (Å²) in [4.78, 5) is 11.7. The van der Waals surface area contributed by atoms with Crippen LogP contribution in [0.3, 0.4) is 0 Å². The first-order valence-corrected chi connectivity index (χ1v) is 7.77. The van der Waals surface area contributed by atoms with Gasteiger partial charge < -0.3 is 15.2 Å². The van der Waals surface area contributed by atoms with Crippen LogP contribution in [0.4, 0.5) is 5.82 Å². The lowest BCUT2D eigenvalue weighted by Gasteiger charge is -2.26. The zero-order valence-corrected chi connectivity index (χ0v) is 12.7. The summed E-state index contributed by atoms with van der Waals surface area (Å²) in [5.41, 5.74) is 0.951. The van der Waals surface area contributed by atoms with Crippen molar-refractivity contribution in [3.05, 3.63) is 30.1 Å². The molecule has 0 amide bonds. The highest BCUT2D eigenvalue weighted by Crippen LogP contribution is 2.20. The number of fused-ring (bicyclic) bond motifs is 1. The van der Waals surface area contributed by atoms with Crippen molar-refractivity contribution in [1.29, 1.82) is 0 Å². The van der Waals surface area contributed by atoms with E-state index in [2.05, 4.69) is 20.2 Å². The lowest BCUT2D eigenvalue weighted by Crippen LogP contribution is -2.36. The van der Waals surface area contributed by atoms with Crippen LogP contribution in [0.25, 0.3) is 10.9 Å². The summed E-state index contributed by atoms with van der Waals surface area (Å²) in [7, 11) is 0. The smallest absolute Gasteiger partial charge is 0.145 e. The van der Waals surface area contributed by atoms with Gasteiger partial charge in [-0.1, -0.05) is 12.1 Å². The van der Waals surface area contributed by atoms with Gasteiger partial charge >= 0.3 is 0 Å². The maximum absolute atomic E-state index is 8.94. The minimum absolute atomic E-state index is 0.177. The first-order valence-electron chi connectivity index (χ1n) is 7.77. The lowest BCUT2D eigenvalue weighted by molar-refractivity contribution is 0.0331. The highest BCUT2D eigenvalue weighted by atomic mass is 16.5. The summed E-state index contributed by atoms with van der Waals surface area (Å²) in [6, 6.07) is 8.02. The van der Waals surface area contributed by atoms with Crippen molar-refractivity contribution in [3.8, 4) is 0 Å². The maximum atomic E-state index is 8.94. The molecule has 0 unspecified atom stereocenters. The molecule has 0 spiro atoms. The van der Waals surface area contributed by atoms with E-state index in [0.717, 1.165) is 55.4 Å². The summed E-state index contributed by atoms with van der Waals surface area (Å²) >= 11 is 0. The topological polar surface area (TPSA) is 70.5 Å². The second-order valence-electron chi connectivity index (χ2n) is 5.40. The molecule has 0 saturated carbocycles. The summed E-state index contributed by atoms with van der Waals surface area (Å²) in [5.74, 6) is 1.68. The van der Waals surface area contributed by atoms with Crippen molar-refractivity contribution >= 4 is 16.7 Å². The Morgan fingerprint density at radius 3 is 2.82 bits per heavy atom. The fourth-order valence-electron chi connectivity index (χ4n) is 2.58. The Balaban J connectivity index is 1.83. The minimum Gasteiger partial charge on any atom is -0.396 e. The SMILES string of the molecule is OCCCNc1nc(CN2CCOCC2)nc2ccccc12. The Hall–Kier alpha value is -1.76. The van der Waals surface area contributed by atoms with E-state index in [4.69, 9.17) is 9.84 Å². The molecule has 22 heavy (non-hydrogen) atoms. The van der Waals surface area contributed by atoms with Crippen molar-refractivity contribution in [2.24, 2.45) is 0 Å². The van der Waals surface area contributed by atoms with Gasteiger partial charge in [-0.2, -0.15) is 0 Å². The number of ether oxygens (including phenoxy) is 1. The van der Waals surface area contributed by atoms with Crippen LogP contribution >= 0.6 is 0 Å². The number of morpholine rings is 1. The van der Waals surface area contributed by atoms with Crippen LogP contribution in [0.1, 0.15) is 12.2 Å². The summed E-state index contributed by atoms with van der Waals surface area (Å²) in [6.07, 6.45) is 0.705. The van der Waals surface area contributed by atoms with Crippen LogP contribution < -0.4 is 5.32 Å². The summed E-state index contributed by atoms with van der Waals surface area (Å²) in [5, 5.41) is 13.3. The predicted molar refractivity (Wildman–Crippen MR) is 85.8 cm³/mol. The molecular formula is C16H22N4O2. The molecule has 1 fully saturated rings. The molecule has 1 aliphatic rings. The molecular weight excluding hydrogens is 280 g/mol. The monoisotopic (exact) mass is 302 g/mol. The third-order valence-electron chi connectivity index (χ3n) is 3.75. The number of hydrogen-bond donors (Lipinski definition) is 2. The molecule has 1 aliphatic heterocycles. The Bertz CT molecular complexity index is 614. The Morgan fingerprint density at radius 2 is 2.00 bits per heavy atom. The molecule has 118 valence electrons. The number of hydrogen-bond acceptors (Lipinski definition) is 6. The molecule has 0 radical (unpaired) electrons. The zero-order chi connectivity index (χ0) is 15.2. The number of nitrogens with one attached hydrogen (secondary N) is 1. The number of nitrogens with zero attached hydrogens (tertiary/aromatic N) is 3. The van der Waals surface area contributed by atoms with Gasteiger partial charge in [0.2, 0.25) is 0 Å². The Kier molecular flexibility index (Phi) is 5.15. The van der Waals surface area contributed by atoms with Crippen LogP contribution in [-0.2, 0) is 11.3 Å². The maximum Gasteiger partial charge on any atom is 0.145 e. The van der Waals surface area contributed by atoms with Gasteiger partial charge in [0.15, 0.2) is 0 Å². The highest BCUT2D eigenvalue weighted by molar-refractivity contribution is 5.88. The number of anilines is 1. The first-order chi connectivity index (χ1) is 10.9. The van der Waals surface area contributed by atoms with Crippen molar-refractivity contribution in [2.75, 3.05) is 44.8 Å². The lowest BCUT2D eigenvalue weighted by atomic mass is 10.2. The normalized spacial score (nSPS) is 16.0. The molecule has 6 heteroatoms. The van der Waals surface area contributed by atoms with Gasteiger partial charge in [0, 0.05) is 31.6 Å². The van der Waals surface area contributed by atoms with Gasteiger partial charge in [-0.15, -0.1) is 0 Å². The second-order valence-corrected chi connectivity index (χ2v) is 5.40. The molecule has 1 saturated heterocycles. The zero-order valence-electron chi connectivity index (χ0n) is 12.7. The molecule has 6 nitrogen and oxygen atoms in total. The largest absolute Gasteiger partial charge is 0.396 e. The number of benzene rings is 1. The van der Waals surface area contributed by atoms with Gasteiger partial charge in [-0.3, -0.25) is 4.90 Å². The predicted octanol–water partition coefficient (Wildman–Crippen LogP) is 1.26.